The minimum atomic E-state index is -0.0443. The summed E-state index contributed by atoms with van der Waals surface area (Å²) < 4.78 is 1.63. The van der Waals surface area contributed by atoms with E-state index in [-0.39, 0.29) is 11.5 Å². The molecule has 0 atom stereocenters. The van der Waals surface area contributed by atoms with Crippen LogP contribution < -0.4 is 10.9 Å². The van der Waals surface area contributed by atoms with Crippen LogP contribution in [0.5, 0.6) is 0 Å². The number of hydrogen-bond acceptors (Lipinski definition) is 4. The largest absolute Gasteiger partial charge is 0.357 e. The Balaban J connectivity index is 1.22. The van der Waals surface area contributed by atoms with E-state index in [9.17, 15) is 9.59 Å². The van der Waals surface area contributed by atoms with Crippen molar-refractivity contribution in [3.8, 4) is 11.4 Å². The van der Waals surface area contributed by atoms with Gasteiger partial charge in [0.25, 0.3) is 5.56 Å². The highest BCUT2D eigenvalue weighted by atomic mass is 16.1. The van der Waals surface area contributed by atoms with E-state index in [2.05, 4.69) is 27.3 Å². The van der Waals surface area contributed by atoms with Crippen LogP contribution in [0, 0.1) is 6.92 Å². The fraction of sp³-hybridized carbons (Fsp3) is 0.345. The molecule has 2 aromatic heterocycles. The number of aryl methyl sites for hydroxylation is 2. The summed E-state index contributed by atoms with van der Waals surface area (Å²) in [7, 11) is 0. The lowest BCUT2D eigenvalue weighted by molar-refractivity contribution is -0.114. The van der Waals surface area contributed by atoms with Crippen LogP contribution in [0.25, 0.3) is 22.2 Å². The molecular weight excluding hydrogens is 450 g/mol. The Morgan fingerprint density at radius 3 is 2.53 bits per heavy atom. The van der Waals surface area contributed by atoms with E-state index >= 15 is 0 Å². The number of aromatic amines is 1. The number of nitrogens with one attached hydrogen (secondary N) is 2. The summed E-state index contributed by atoms with van der Waals surface area (Å²) in [6.07, 6.45) is 3.05. The van der Waals surface area contributed by atoms with Gasteiger partial charge in [-0.25, -0.2) is 4.68 Å². The van der Waals surface area contributed by atoms with Gasteiger partial charge in [0.2, 0.25) is 5.91 Å². The zero-order valence-electron chi connectivity index (χ0n) is 21.0. The molecule has 2 aromatic carbocycles. The summed E-state index contributed by atoms with van der Waals surface area (Å²) in [5.74, 6) is 0.462. The second-order valence-electron chi connectivity index (χ2n) is 9.75. The minimum absolute atomic E-state index is 0.0320. The van der Waals surface area contributed by atoms with Gasteiger partial charge in [-0.15, -0.1) is 0 Å². The van der Waals surface area contributed by atoms with Crippen LogP contribution in [0.3, 0.4) is 0 Å². The Bertz CT molecular complexity index is 1430. The molecule has 1 fully saturated rings. The molecule has 0 radical (unpaired) electrons. The summed E-state index contributed by atoms with van der Waals surface area (Å²) >= 11 is 0. The second-order valence-corrected chi connectivity index (χ2v) is 9.75. The van der Waals surface area contributed by atoms with Gasteiger partial charge in [0.15, 0.2) is 0 Å². The highest BCUT2D eigenvalue weighted by molar-refractivity contribution is 5.93. The molecule has 4 aromatic rings. The van der Waals surface area contributed by atoms with E-state index in [1.807, 2.05) is 55.5 Å². The minimum Gasteiger partial charge on any atom is -0.357 e. The van der Waals surface area contributed by atoms with Gasteiger partial charge >= 0.3 is 0 Å². The van der Waals surface area contributed by atoms with E-state index in [0.29, 0.717) is 17.8 Å². The van der Waals surface area contributed by atoms with Gasteiger partial charge in [0.1, 0.15) is 5.69 Å². The molecule has 7 heteroatoms. The van der Waals surface area contributed by atoms with Crippen LogP contribution >= 0.6 is 0 Å². The summed E-state index contributed by atoms with van der Waals surface area (Å²) in [5, 5.41) is 9.24. The topological polar surface area (TPSA) is 83.0 Å². The van der Waals surface area contributed by atoms with E-state index in [4.69, 9.17) is 5.10 Å². The van der Waals surface area contributed by atoms with Gasteiger partial charge in [0.05, 0.1) is 11.1 Å². The van der Waals surface area contributed by atoms with Crippen molar-refractivity contribution in [2.24, 2.45) is 0 Å². The molecule has 0 aliphatic carbocycles. The van der Waals surface area contributed by atoms with Crippen molar-refractivity contribution >= 4 is 22.4 Å². The Morgan fingerprint density at radius 2 is 1.81 bits per heavy atom. The van der Waals surface area contributed by atoms with Crippen molar-refractivity contribution in [1.29, 1.82) is 0 Å². The third kappa shape index (κ3) is 5.26. The van der Waals surface area contributed by atoms with E-state index in [1.165, 1.54) is 12.5 Å². The van der Waals surface area contributed by atoms with Crippen molar-refractivity contribution in [3.05, 3.63) is 82.3 Å². The molecule has 1 aliphatic heterocycles. The molecule has 1 saturated heterocycles. The van der Waals surface area contributed by atoms with Gasteiger partial charge < -0.3 is 15.2 Å². The Morgan fingerprint density at radius 1 is 1.03 bits per heavy atom. The summed E-state index contributed by atoms with van der Waals surface area (Å²) in [6.45, 7) is 7.15. The lowest BCUT2D eigenvalue weighted by Crippen LogP contribution is -2.34. The molecule has 2 N–H and O–H groups in total. The highest BCUT2D eigenvalue weighted by Gasteiger charge is 2.21. The first-order chi connectivity index (χ1) is 17.5. The monoisotopic (exact) mass is 483 g/mol. The number of H-pyrrole nitrogens is 1. The molecule has 1 aliphatic rings. The van der Waals surface area contributed by atoms with E-state index in [0.717, 1.165) is 67.1 Å². The van der Waals surface area contributed by atoms with Crippen molar-refractivity contribution in [2.45, 2.75) is 45.6 Å². The average molecular weight is 484 g/mol. The molecular formula is C29H33N5O2. The number of aromatic nitrogens is 3. The molecule has 0 bridgehead atoms. The summed E-state index contributed by atoms with van der Waals surface area (Å²) in [4.78, 5) is 30.4. The normalized spacial score (nSPS) is 14.8. The van der Waals surface area contributed by atoms with Gasteiger partial charge in [-0.3, -0.25) is 9.59 Å². The molecule has 3 heterocycles. The molecule has 186 valence electrons. The van der Waals surface area contributed by atoms with Crippen LogP contribution in [0.15, 0.2) is 65.5 Å². The van der Waals surface area contributed by atoms with Gasteiger partial charge in [-0.05, 0) is 87.6 Å². The van der Waals surface area contributed by atoms with Crippen LogP contribution in [0.1, 0.15) is 43.4 Å². The standard InChI is InChI=1S/C29H33N5O2/c1-20-11-12-27(30-20)28-25-9-3-4-10-26(25)29(36)34(32-28)16-6-15-33-17-13-22(14-18-33)23-7-5-8-24(19-23)31-21(2)35/h3-5,7-12,19,22,30H,6,13-18H2,1-2H3,(H,31,35). The Labute approximate surface area is 211 Å². The second kappa shape index (κ2) is 10.5. The van der Waals surface area contributed by atoms with E-state index in [1.54, 1.807) is 4.68 Å². The van der Waals surface area contributed by atoms with Crippen molar-refractivity contribution in [1.82, 2.24) is 19.7 Å². The van der Waals surface area contributed by atoms with Gasteiger partial charge in [-0.1, -0.05) is 30.3 Å². The maximum atomic E-state index is 13.1. The predicted octanol–water partition coefficient (Wildman–Crippen LogP) is 4.93. The Hall–Kier alpha value is -3.71. The van der Waals surface area contributed by atoms with Gasteiger partial charge in [-0.2, -0.15) is 5.10 Å². The maximum Gasteiger partial charge on any atom is 0.274 e. The van der Waals surface area contributed by atoms with Crippen LogP contribution in [0.2, 0.25) is 0 Å². The average Bonchev–Trinajstić information content (AvgIpc) is 3.31. The molecule has 7 nitrogen and oxygen atoms in total. The first-order valence-corrected chi connectivity index (χ1v) is 12.7. The molecule has 36 heavy (non-hydrogen) atoms. The number of amides is 1. The molecule has 5 rings (SSSR count). The van der Waals surface area contributed by atoms with Crippen LogP contribution in [-0.4, -0.2) is 45.2 Å². The number of carbonyl (C=O) groups excluding carboxylic acids is 1. The third-order valence-corrected chi connectivity index (χ3v) is 7.06. The first-order valence-electron chi connectivity index (χ1n) is 12.7. The quantitative estimate of drug-likeness (QED) is 0.391. The number of hydrogen-bond donors (Lipinski definition) is 2. The first kappa shape index (κ1) is 24.0. The lowest BCUT2D eigenvalue weighted by Gasteiger charge is -2.32. The molecule has 1 amide bonds. The zero-order chi connectivity index (χ0) is 25.1. The Kier molecular flexibility index (Phi) is 7.00. The number of nitrogens with zero attached hydrogens (tertiary/aromatic N) is 3. The maximum absolute atomic E-state index is 13.1. The van der Waals surface area contributed by atoms with Crippen LogP contribution in [-0.2, 0) is 11.3 Å². The summed E-state index contributed by atoms with van der Waals surface area (Å²) in [6, 6.07) is 20.0. The predicted molar refractivity (Wildman–Crippen MR) is 144 cm³/mol. The van der Waals surface area contributed by atoms with E-state index < -0.39 is 0 Å². The van der Waals surface area contributed by atoms with Gasteiger partial charge in [0, 0.05) is 30.2 Å². The lowest BCUT2D eigenvalue weighted by atomic mass is 9.89. The van der Waals surface area contributed by atoms with Crippen molar-refractivity contribution in [2.75, 3.05) is 25.0 Å². The number of fused-ring (bicyclic) bond motifs is 1. The number of piperidine rings is 1. The number of rotatable bonds is 7. The molecule has 0 unspecified atom stereocenters. The molecule has 0 saturated carbocycles. The molecule has 0 spiro atoms. The SMILES string of the molecule is CC(=O)Nc1cccc(C2CCN(CCCn3nc(-c4ccc(C)[nH]4)c4ccccc4c3=O)CC2)c1. The van der Waals surface area contributed by atoms with Crippen molar-refractivity contribution in [3.63, 3.8) is 0 Å². The number of anilines is 1. The number of likely N-dealkylation sites (tertiary alicyclic amines) is 1. The summed E-state index contributed by atoms with van der Waals surface area (Å²) in [5.41, 5.74) is 4.95. The third-order valence-electron chi connectivity index (χ3n) is 7.06. The number of carbonyl (C=O) groups is 1. The van der Waals surface area contributed by atoms with Crippen molar-refractivity contribution < 1.29 is 4.79 Å². The highest BCUT2D eigenvalue weighted by Crippen LogP contribution is 2.30. The number of benzene rings is 2. The fourth-order valence-electron chi connectivity index (χ4n) is 5.24. The fourth-order valence-corrected chi connectivity index (χ4v) is 5.24. The zero-order valence-corrected chi connectivity index (χ0v) is 21.0. The van der Waals surface area contributed by atoms with Crippen LogP contribution in [0.4, 0.5) is 5.69 Å². The smallest absolute Gasteiger partial charge is 0.274 e.